The zero-order valence-corrected chi connectivity index (χ0v) is 11.4. The third-order valence-corrected chi connectivity index (χ3v) is 2.69. The van der Waals surface area contributed by atoms with Crippen LogP contribution in [0.4, 0.5) is 0 Å². The molecular weight excluding hydrogens is 248 g/mol. The van der Waals surface area contributed by atoms with Gasteiger partial charge in [0.2, 0.25) is 5.75 Å². The van der Waals surface area contributed by atoms with Crippen molar-refractivity contribution in [3.63, 3.8) is 0 Å². The molecule has 1 aromatic rings. The standard InChI is InChI=1S/C14H18O5/c1-8(2)10(14(16)17)5-9-6-11(18-3)13(15)12(7-9)19-4/h5-8,15H,1-4H3,(H,16,17)/b10-5+. The van der Waals surface area contributed by atoms with Crippen molar-refractivity contribution in [3.05, 3.63) is 23.3 Å². The Balaban J connectivity index is 3.35. The van der Waals surface area contributed by atoms with Gasteiger partial charge in [-0.1, -0.05) is 13.8 Å². The summed E-state index contributed by atoms with van der Waals surface area (Å²) in [6.07, 6.45) is 1.54. The average molecular weight is 266 g/mol. The topological polar surface area (TPSA) is 76.0 Å². The molecule has 0 spiro atoms. The van der Waals surface area contributed by atoms with E-state index < -0.39 is 5.97 Å². The lowest BCUT2D eigenvalue weighted by atomic mass is 10.00. The number of methoxy groups -OCH3 is 2. The van der Waals surface area contributed by atoms with Gasteiger partial charge in [0, 0.05) is 5.57 Å². The lowest BCUT2D eigenvalue weighted by Gasteiger charge is -2.11. The Morgan fingerprint density at radius 3 is 2.00 bits per heavy atom. The molecule has 19 heavy (non-hydrogen) atoms. The van der Waals surface area contributed by atoms with Crippen molar-refractivity contribution in [1.29, 1.82) is 0 Å². The Kier molecular flexibility index (Phi) is 4.80. The van der Waals surface area contributed by atoms with E-state index in [1.807, 2.05) is 0 Å². The van der Waals surface area contributed by atoms with E-state index in [-0.39, 0.29) is 28.7 Å². The molecule has 0 aliphatic rings. The minimum Gasteiger partial charge on any atom is -0.502 e. The molecule has 1 aromatic carbocycles. The summed E-state index contributed by atoms with van der Waals surface area (Å²) in [5.41, 5.74) is 0.868. The van der Waals surface area contributed by atoms with E-state index >= 15 is 0 Å². The normalized spacial score (nSPS) is 11.5. The van der Waals surface area contributed by atoms with Crippen molar-refractivity contribution in [2.75, 3.05) is 14.2 Å². The van der Waals surface area contributed by atoms with Gasteiger partial charge in [-0.25, -0.2) is 4.79 Å². The van der Waals surface area contributed by atoms with Gasteiger partial charge >= 0.3 is 5.97 Å². The third-order valence-electron chi connectivity index (χ3n) is 2.69. The fourth-order valence-electron chi connectivity index (χ4n) is 1.65. The summed E-state index contributed by atoms with van der Waals surface area (Å²) in [6, 6.07) is 3.12. The fraction of sp³-hybridized carbons (Fsp3) is 0.357. The van der Waals surface area contributed by atoms with Gasteiger partial charge in [-0.2, -0.15) is 0 Å². The molecule has 0 unspecified atom stereocenters. The average Bonchev–Trinajstić information content (AvgIpc) is 2.36. The summed E-state index contributed by atoms with van der Waals surface area (Å²) < 4.78 is 10.0. The number of phenolic OH excluding ortho intramolecular Hbond substituents is 1. The molecule has 0 atom stereocenters. The van der Waals surface area contributed by atoms with Gasteiger partial charge in [-0.15, -0.1) is 0 Å². The number of hydrogen-bond acceptors (Lipinski definition) is 4. The molecule has 0 aromatic heterocycles. The second-order valence-electron chi connectivity index (χ2n) is 4.33. The maximum absolute atomic E-state index is 11.1. The van der Waals surface area contributed by atoms with Crippen molar-refractivity contribution < 1.29 is 24.5 Å². The maximum atomic E-state index is 11.1. The number of carboxylic acid groups (broad SMARTS) is 1. The highest BCUT2D eigenvalue weighted by atomic mass is 16.5. The van der Waals surface area contributed by atoms with Gasteiger partial charge in [0.05, 0.1) is 14.2 Å². The monoisotopic (exact) mass is 266 g/mol. The van der Waals surface area contributed by atoms with Crippen LogP contribution in [0.1, 0.15) is 19.4 Å². The molecule has 5 nitrogen and oxygen atoms in total. The Hall–Kier alpha value is -2.17. The molecule has 5 heteroatoms. The van der Waals surface area contributed by atoms with Crippen LogP contribution in [0.15, 0.2) is 17.7 Å². The van der Waals surface area contributed by atoms with Crippen molar-refractivity contribution in [2.24, 2.45) is 5.92 Å². The van der Waals surface area contributed by atoms with Crippen molar-refractivity contribution >= 4 is 12.0 Å². The van der Waals surface area contributed by atoms with Crippen LogP contribution in [-0.4, -0.2) is 30.4 Å². The minimum absolute atomic E-state index is 0.108. The summed E-state index contributed by atoms with van der Waals surface area (Å²) in [5, 5.41) is 18.9. The predicted molar refractivity (Wildman–Crippen MR) is 71.7 cm³/mol. The largest absolute Gasteiger partial charge is 0.502 e. The Labute approximate surface area is 112 Å². The van der Waals surface area contributed by atoms with Crippen LogP contribution in [0.2, 0.25) is 0 Å². The van der Waals surface area contributed by atoms with Gasteiger partial charge in [0.1, 0.15) is 0 Å². The lowest BCUT2D eigenvalue weighted by Crippen LogP contribution is -2.06. The van der Waals surface area contributed by atoms with Crippen LogP contribution < -0.4 is 9.47 Å². The molecule has 0 heterocycles. The second-order valence-corrected chi connectivity index (χ2v) is 4.33. The fourth-order valence-corrected chi connectivity index (χ4v) is 1.65. The summed E-state index contributed by atoms with van der Waals surface area (Å²) >= 11 is 0. The van der Waals surface area contributed by atoms with E-state index in [4.69, 9.17) is 14.6 Å². The van der Waals surface area contributed by atoms with Crippen molar-refractivity contribution in [2.45, 2.75) is 13.8 Å². The van der Waals surface area contributed by atoms with Gasteiger partial charge < -0.3 is 19.7 Å². The van der Waals surface area contributed by atoms with Gasteiger partial charge in [0.25, 0.3) is 0 Å². The molecule has 0 bridgehead atoms. The molecule has 0 saturated heterocycles. The molecule has 0 aliphatic carbocycles. The summed E-state index contributed by atoms with van der Waals surface area (Å²) in [5.74, 6) is -0.730. The molecule has 0 radical (unpaired) electrons. The summed E-state index contributed by atoms with van der Waals surface area (Å²) in [4.78, 5) is 11.1. The minimum atomic E-state index is -0.971. The number of aliphatic carboxylic acids is 1. The molecular formula is C14H18O5. The lowest BCUT2D eigenvalue weighted by molar-refractivity contribution is -0.133. The number of rotatable bonds is 5. The zero-order valence-electron chi connectivity index (χ0n) is 11.4. The molecule has 1 rings (SSSR count). The summed E-state index contributed by atoms with van der Waals surface area (Å²) in [7, 11) is 2.84. The molecule has 0 fully saturated rings. The first-order chi connectivity index (χ1) is 8.90. The van der Waals surface area contributed by atoms with E-state index in [0.29, 0.717) is 5.56 Å². The van der Waals surface area contributed by atoms with Crippen molar-refractivity contribution in [1.82, 2.24) is 0 Å². The third kappa shape index (κ3) is 3.40. The van der Waals surface area contributed by atoms with Crippen LogP contribution in [-0.2, 0) is 4.79 Å². The molecule has 104 valence electrons. The highest BCUT2D eigenvalue weighted by Crippen LogP contribution is 2.37. The predicted octanol–water partition coefficient (Wildman–Crippen LogP) is 2.53. The van der Waals surface area contributed by atoms with Gasteiger partial charge in [-0.05, 0) is 29.7 Å². The molecule has 0 amide bonds. The van der Waals surface area contributed by atoms with Crippen LogP contribution in [0.25, 0.3) is 6.08 Å². The second kappa shape index (κ2) is 6.13. The number of hydrogen-bond donors (Lipinski definition) is 2. The Morgan fingerprint density at radius 2 is 1.68 bits per heavy atom. The van der Waals surface area contributed by atoms with E-state index in [9.17, 15) is 9.90 Å². The van der Waals surface area contributed by atoms with E-state index in [1.54, 1.807) is 26.0 Å². The van der Waals surface area contributed by atoms with Crippen LogP contribution in [0.3, 0.4) is 0 Å². The first kappa shape index (κ1) is 14.9. The van der Waals surface area contributed by atoms with Gasteiger partial charge in [0.15, 0.2) is 11.5 Å². The first-order valence-electron chi connectivity index (χ1n) is 5.80. The maximum Gasteiger partial charge on any atom is 0.331 e. The highest BCUT2D eigenvalue weighted by molar-refractivity contribution is 5.92. The smallest absolute Gasteiger partial charge is 0.331 e. The number of aromatic hydroxyl groups is 1. The SMILES string of the molecule is COc1cc(/C=C(/C(=O)O)C(C)C)cc(OC)c1O. The Bertz CT molecular complexity index is 478. The zero-order chi connectivity index (χ0) is 14.6. The van der Waals surface area contributed by atoms with E-state index in [0.717, 1.165) is 0 Å². The number of benzene rings is 1. The van der Waals surface area contributed by atoms with Crippen molar-refractivity contribution in [3.8, 4) is 17.2 Å². The first-order valence-corrected chi connectivity index (χ1v) is 5.80. The van der Waals surface area contributed by atoms with Crippen LogP contribution in [0.5, 0.6) is 17.2 Å². The Morgan fingerprint density at radius 1 is 1.21 bits per heavy atom. The van der Waals surface area contributed by atoms with E-state index in [2.05, 4.69) is 0 Å². The quantitative estimate of drug-likeness (QED) is 0.801. The highest BCUT2D eigenvalue weighted by Gasteiger charge is 2.14. The number of phenols is 1. The number of carbonyl (C=O) groups is 1. The number of carboxylic acids is 1. The molecule has 0 saturated carbocycles. The van der Waals surface area contributed by atoms with Gasteiger partial charge in [-0.3, -0.25) is 0 Å². The molecule has 2 N–H and O–H groups in total. The van der Waals surface area contributed by atoms with Crippen LogP contribution >= 0.6 is 0 Å². The van der Waals surface area contributed by atoms with E-state index in [1.165, 1.54) is 20.3 Å². The molecule has 0 aliphatic heterocycles. The van der Waals surface area contributed by atoms with Crippen LogP contribution in [0, 0.1) is 5.92 Å². The summed E-state index contributed by atoms with van der Waals surface area (Å²) in [6.45, 7) is 3.60. The number of ether oxygens (including phenoxy) is 2.